The van der Waals surface area contributed by atoms with Crippen molar-refractivity contribution in [2.75, 3.05) is 18.6 Å². The summed E-state index contributed by atoms with van der Waals surface area (Å²) in [7, 11) is 1.32. The molecule has 0 spiro atoms. The number of carbonyl (C=O) groups excluding carboxylic acids is 2. The standard InChI is InChI=1S/C19H15F3N2O6/c1-29-14-5-6-16(15(9-14)24(27)28)30-18(26)11-7-17(25)23(10-11)13-4-2-3-12(8-13)19(20,21)22/h2-6,8-9,11H,7,10H2,1H3. The van der Waals surface area contributed by atoms with E-state index in [4.69, 9.17) is 9.47 Å². The third-order valence-corrected chi connectivity index (χ3v) is 4.52. The number of hydrogen-bond acceptors (Lipinski definition) is 6. The van der Waals surface area contributed by atoms with Gasteiger partial charge in [0, 0.05) is 18.7 Å². The minimum Gasteiger partial charge on any atom is -0.496 e. The number of nitro benzene ring substituents is 1. The van der Waals surface area contributed by atoms with E-state index in [1.165, 1.54) is 25.3 Å². The molecule has 0 aliphatic carbocycles. The second-order valence-electron chi connectivity index (χ2n) is 6.47. The number of anilines is 1. The lowest BCUT2D eigenvalue weighted by atomic mass is 10.1. The Morgan fingerprint density at radius 1 is 1.23 bits per heavy atom. The van der Waals surface area contributed by atoms with Crippen LogP contribution in [0.15, 0.2) is 42.5 Å². The van der Waals surface area contributed by atoms with Crippen LogP contribution in [0.2, 0.25) is 0 Å². The molecule has 3 rings (SSSR count). The van der Waals surface area contributed by atoms with Crippen molar-refractivity contribution in [2.24, 2.45) is 5.92 Å². The summed E-state index contributed by atoms with van der Waals surface area (Å²) in [6.07, 6.45) is -4.87. The molecule has 158 valence electrons. The van der Waals surface area contributed by atoms with Gasteiger partial charge in [-0.1, -0.05) is 6.07 Å². The van der Waals surface area contributed by atoms with Gasteiger partial charge >= 0.3 is 17.8 Å². The van der Waals surface area contributed by atoms with Crippen LogP contribution < -0.4 is 14.4 Å². The summed E-state index contributed by atoms with van der Waals surface area (Å²) in [5.74, 6) is -2.58. The fourth-order valence-corrected chi connectivity index (χ4v) is 3.01. The summed E-state index contributed by atoms with van der Waals surface area (Å²) in [4.78, 5) is 36.2. The van der Waals surface area contributed by atoms with Crippen LogP contribution in [0.4, 0.5) is 24.5 Å². The molecule has 2 aromatic rings. The van der Waals surface area contributed by atoms with Gasteiger partial charge in [0.1, 0.15) is 5.75 Å². The first-order valence-electron chi connectivity index (χ1n) is 8.62. The van der Waals surface area contributed by atoms with Crippen LogP contribution >= 0.6 is 0 Å². The molecule has 1 heterocycles. The number of carbonyl (C=O) groups is 2. The Morgan fingerprint density at radius 3 is 2.60 bits per heavy atom. The first-order valence-corrected chi connectivity index (χ1v) is 8.62. The van der Waals surface area contributed by atoms with E-state index in [-0.39, 0.29) is 30.2 Å². The van der Waals surface area contributed by atoms with Crippen LogP contribution in [0.25, 0.3) is 0 Å². The maximum atomic E-state index is 12.9. The zero-order valence-corrected chi connectivity index (χ0v) is 15.5. The number of esters is 1. The van der Waals surface area contributed by atoms with E-state index in [1.54, 1.807) is 0 Å². The number of halogens is 3. The van der Waals surface area contributed by atoms with Gasteiger partial charge in [0.25, 0.3) is 0 Å². The molecule has 1 fully saturated rings. The highest BCUT2D eigenvalue weighted by molar-refractivity contribution is 5.99. The number of nitrogens with zero attached hydrogens (tertiary/aromatic N) is 2. The number of amides is 1. The molecule has 8 nitrogen and oxygen atoms in total. The van der Waals surface area contributed by atoms with Gasteiger partial charge in [-0.05, 0) is 30.3 Å². The van der Waals surface area contributed by atoms with E-state index >= 15 is 0 Å². The Bertz CT molecular complexity index is 1010. The Labute approximate surface area is 167 Å². The number of methoxy groups -OCH3 is 1. The minimum atomic E-state index is -4.58. The largest absolute Gasteiger partial charge is 0.496 e. The molecule has 11 heteroatoms. The average molecular weight is 424 g/mol. The molecule has 30 heavy (non-hydrogen) atoms. The van der Waals surface area contributed by atoms with Crippen molar-refractivity contribution in [3.8, 4) is 11.5 Å². The molecule has 2 aromatic carbocycles. The van der Waals surface area contributed by atoms with Crippen molar-refractivity contribution in [3.05, 3.63) is 58.1 Å². The normalized spacial score (nSPS) is 16.5. The summed E-state index contributed by atoms with van der Waals surface area (Å²) in [5.41, 5.74) is -1.42. The van der Waals surface area contributed by atoms with Gasteiger partial charge in [0.15, 0.2) is 0 Å². The number of alkyl halides is 3. The van der Waals surface area contributed by atoms with Gasteiger partial charge in [-0.15, -0.1) is 0 Å². The predicted octanol–water partition coefficient (Wildman–Crippen LogP) is 3.58. The Balaban J connectivity index is 1.77. The monoisotopic (exact) mass is 424 g/mol. The molecular formula is C19H15F3N2O6. The molecule has 1 aliphatic rings. The highest BCUT2D eigenvalue weighted by Gasteiger charge is 2.38. The first kappa shape index (κ1) is 21.1. The number of rotatable bonds is 5. The van der Waals surface area contributed by atoms with Crippen LogP contribution in [0.3, 0.4) is 0 Å². The number of benzene rings is 2. The van der Waals surface area contributed by atoms with Crippen molar-refractivity contribution in [1.29, 1.82) is 0 Å². The van der Waals surface area contributed by atoms with Crippen LogP contribution in [0.1, 0.15) is 12.0 Å². The van der Waals surface area contributed by atoms with E-state index in [1.807, 2.05) is 0 Å². The molecule has 1 saturated heterocycles. The number of nitro groups is 1. The quantitative estimate of drug-likeness (QED) is 0.315. The SMILES string of the molecule is COc1ccc(OC(=O)C2CC(=O)N(c3cccc(C(F)(F)F)c3)C2)c([N+](=O)[O-])c1. The lowest BCUT2D eigenvalue weighted by Crippen LogP contribution is -2.27. The maximum absolute atomic E-state index is 12.9. The summed E-state index contributed by atoms with van der Waals surface area (Å²) in [6, 6.07) is 7.82. The van der Waals surface area contributed by atoms with Crippen molar-refractivity contribution in [3.63, 3.8) is 0 Å². The van der Waals surface area contributed by atoms with E-state index in [9.17, 15) is 32.9 Å². The van der Waals surface area contributed by atoms with Gasteiger partial charge in [-0.3, -0.25) is 19.7 Å². The third-order valence-electron chi connectivity index (χ3n) is 4.52. The van der Waals surface area contributed by atoms with Crippen molar-refractivity contribution >= 4 is 23.3 Å². The number of ether oxygens (including phenoxy) is 2. The van der Waals surface area contributed by atoms with Crippen LogP contribution in [-0.2, 0) is 15.8 Å². The highest BCUT2D eigenvalue weighted by Crippen LogP contribution is 2.35. The molecule has 0 radical (unpaired) electrons. The first-order chi connectivity index (χ1) is 14.1. The van der Waals surface area contributed by atoms with E-state index in [2.05, 4.69) is 0 Å². The lowest BCUT2D eigenvalue weighted by Gasteiger charge is -2.18. The maximum Gasteiger partial charge on any atom is 0.416 e. The average Bonchev–Trinajstić information content (AvgIpc) is 3.09. The molecule has 0 aromatic heterocycles. The van der Waals surface area contributed by atoms with Crippen molar-refractivity contribution in [1.82, 2.24) is 0 Å². The molecule has 1 unspecified atom stereocenters. The Hall–Kier alpha value is -3.63. The highest BCUT2D eigenvalue weighted by atomic mass is 19.4. The molecular weight excluding hydrogens is 409 g/mol. The zero-order chi connectivity index (χ0) is 22.1. The van der Waals surface area contributed by atoms with E-state index < -0.39 is 40.1 Å². The van der Waals surface area contributed by atoms with Gasteiger partial charge in [-0.25, -0.2) is 0 Å². The fraction of sp³-hybridized carbons (Fsp3) is 0.263. The van der Waals surface area contributed by atoms with Gasteiger partial charge < -0.3 is 14.4 Å². The Morgan fingerprint density at radius 2 is 1.97 bits per heavy atom. The second kappa shape index (κ2) is 8.01. The molecule has 0 N–H and O–H groups in total. The van der Waals surface area contributed by atoms with Crippen molar-refractivity contribution < 1.29 is 37.2 Å². The summed E-state index contributed by atoms with van der Waals surface area (Å²) >= 11 is 0. The summed E-state index contributed by atoms with van der Waals surface area (Å²) in [5, 5.41) is 11.2. The van der Waals surface area contributed by atoms with Gasteiger partial charge in [0.2, 0.25) is 11.7 Å². The molecule has 0 saturated carbocycles. The van der Waals surface area contributed by atoms with Gasteiger partial charge in [0.05, 0.1) is 29.6 Å². The molecule has 1 amide bonds. The predicted molar refractivity (Wildman–Crippen MR) is 97.2 cm³/mol. The zero-order valence-electron chi connectivity index (χ0n) is 15.5. The molecule has 1 atom stereocenters. The molecule has 1 aliphatic heterocycles. The fourth-order valence-electron chi connectivity index (χ4n) is 3.01. The summed E-state index contributed by atoms with van der Waals surface area (Å²) < 4.78 is 48.7. The summed E-state index contributed by atoms with van der Waals surface area (Å²) in [6.45, 7) is -0.205. The van der Waals surface area contributed by atoms with E-state index in [0.29, 0.717) is 0 Å². The Kier molecular flexibility index (Phi) is 5.63. The van der Waals surface area contributed by atoms with Crippen LogP contribution in [0, 0.1) is 16.0 Å². The third kappa shape index (κ3) is 4.34. The van der Waals surface area contributed by atoms with Crippen molar-refractivity contribution in [2.45, 2.75) is 12.6 Å². The van der Waals surface area contributed by atoms with E-state index in [0.717, 1.165) is 29.2 Å². The van der Waals surface area contributed by atoms with Crippen LogP contribution in [0.5, 0.6) is 11.5 Å². The second-order valence-corrected chi connectivity index (χ2v) is 6.47. The minimum absolute atomic E-state index is 0.000512. The van der Waals surface area contributed by atoms with Gasteiger partial charge in [-0.2, -0.15) is 13.2 Å². The van der Waals surface area contributed by atoms with Crippen LogP contribution in [-0.4, -0.2) is 30.5 Å². The number of hydrogen-bond donors (Lipinski definition) is 0. The topological polar surface area (TPSA) is 99.0 Å². The molecule has 0 bridgehead atoms. The lowest BCUT2D eigenvalue weighted by molar-refractivity contribution is -0.385. The smallest absolute Gasteiger partial charge is 0.416 e.